The van der Waals surface area contributed by atoms with Crippen LogP contribution in [0.4, 0.5) is 0 Å². The van der Waals surface area contributed by atoms with Crippen LogP contribution in [0, 0.1) is 5.92 Å². The molecule has 0 radical (unpaired) electrons. The van der Waals surface area contributed by atoms with Gasteiger partial charge in [-0.3, -0.25) is 0 Å². The van der Waals surface area contributed by atoms with E-state index in [2.05, 4.69) is 13.0 Å². The molecular weight excluding hydrogens is 222 g/mol. The summed E-state index contributed by atoms with van der Waals surface area (Å²) in [5.74, 6) is 1.72. The molecule has 0 spiro atoms. The Hall–Kier alpha value is -1.02. The molecule has 0 aliphatic heterocycles. The summed E-state index contributed by atoms with van der Waals surface area (Å²) in [7, 11) is 0. The third-order valence-electron chi connectivity index (χ3n) is 3.96. The smallest absolute Gasteiger partial charge is 0.124 e. The van der Waals surface area contributed by atoms with Crippen LogP contribution < -0.4 is 10.5 Å². The van der Waals surface area contributed by atoms with Crippen molar-refractivity contribution in [3.05, 3.63) is 29.8 Å². The molecule has 2 rings (SSSR count). The van der Waals surface area contributed by atoms with Gasteiger partial charge in [-0.2, -0.15) is 0 Å². The van der Waals surface area contributed by atoms with Gasteiger partial charge in [-0.15, -0.1) is 0 Å². The number of rotatable bonds is 5. The molecule has 0 saturated heterocycles. The van der Waals surface area contributed by atoms with E-state index in [9.17, 15) is 0 Å². The molecule has 2 N–H and O–H groups in total. The minimum Gasteiger partial charge on any atom is -0.493 e. The van der Waals surface area contributed by atoms with Crippen molar-refractivity contribution >= 4 is 0 Å². The Balaban J connectivity index is 1.95. The van der Waals surface area contributed by atoms with E-state index in [1.165, 1.54) is 32.1 Å². The monoisotopic (exact) mass is 247 g/mol. The molecule has 100 valence electrons. The van der Waals surface area contributed by atoms with Gasteiger partial charge in [-0.05, 0) is 31.2 Å². The van der Waals surface area contributed by atoms with Crippen LogP contribution in [-0.4, -0.2) is 6.61 Å². The van der Waals surface area contributed by atoms with Crippen molar-refractivity contribution in [2.75, 3.05) is 6.61 Å². The van der Waals surface area contributed by atoms with Crippen LogP contribution in [0.15, 0.2) is 24.3 Å². The van der Waals surface area contributed by atoms with Crippen molar-refractivity contribution in [3.8, 4) is 5.75 Å². The van der Waals surface area contributed by atoms with Crippen LogP contribution in [0.25, 0.3) is 0 Å². The van der Waals surface area contributed by atoms with Crippen molar-refractivity contribution in [2.24, 2.45) is 11.7 Å². The molecule has 2 nitrogen and oxygen atoms in total. The predicted octanol–water partition coefficient (Wildman–Crippen LogP) is 4.06. The number of ether oxygens (including phenoxy) is 1. The Morgan fingerprint density at radius 2 is 1.94 bits per heavy atom. The molecule has 18 heavy (non-hydrogen) atoms. The zero-order valence-corrected chi connectivity index (χ0v) is 11.4. The second-order valence-electron chi connectivity index (χ2n) is 5.37. The molecule has 0 aromatic heterocycles. The normalized spacial score (nSPS) is 18.6. The summed E-state index contributed by atoms with van der Waals surface area (Å²) in [5, 5.41) is 0. The summed E-state index contributed by atoms with van der Waals surface area (Å²) in [5.41, 5.74) is 7.27. The maximum Gasteiger partial charge on any atom is 0.124 e. The lowest BCUT2D eigenvalue weighted by atomic mass is 9.90. The first-order valence-electron chi connectivity index (χ1n) is 7.28. The summed E-state index contributed by atoms with van der Waals surface area (Å²) < 4.78 is 6.02. The Morgan fingerprint density at radius 3 is 2.67 bits per heavy atom. The van der Waals surface area contributed by atoms with Gasteiger partial charge in [0, 0.05) is 11.6 Å². The van der Waals surface area contributed by atoms with Crippen LogP contribution in [0.5, 0.6) is 5.75 Å². The fraction of sp³-hybridized carbons (Fsp3) is 0.625. The molecule has 0 bridgehead atoms. The zero-order valence-electron chi connectivity index (χ0n) is 11.4. The maximum atomic E-state index is 6.12. The molecule has 1 atom stereocenters. The van der Waals surface area contributed by atoms with Gasteiger partial charge >= 0.3 is 0 Å². The number of hydrogen-bond donors (Lipinski definition) is 1. The lowest BCUT2D eigenvalue weighted by molar-refractivity contribution is 0.206. The fourth-order valence-corrected chi connectivity index (χ4v) is 2.70. The molecule has 2 heteroatoms. The van der Waals surface area contributed by atoms with Gasteiger partial charge in [-0.25, -0.2) is 0 Å². The van der Waals surface area contributed by atoms with Gasteiger partial charge in [0.15, 0.2) is 0 Å². The van der Waals surface area contributed by atoms with E-state index in [1.807, 2.05) is 18.2 Å². The van der Waals surface area contributed by atoms with Crippen molar-refractivity contribution in [1.82, 2.24) is 0 Å². The quantitative estimate of drug-likeness (QED) is 0.851. The standard InChI is InChI=1S/C16H25NO/c1-2-15(17)14-10-6-7-11-16(14)18-12-13-8-4-3-5-9-13/h6-7,10-11,13,15H,2-5,8-9,12,17H2,1H3. The van der Waals surface area contributed by atoms with Gasteiger partial charge in [-0.1, -0.05) is 44.4 Å². The van der Waals surface area contributed by atoms with E-state index in [-0.39, 0.29) is 6.04 Å². The largest absolute Gasteiger partial charge is 0.493 e. The highest BCUT2D eigenvalue weighted by molar-refractivity contribution is 5.35. The van der Waals surface area contributed by atoms with E-state index in [4.69, 9.17) is 10.5 Å². The van der Waals surface area contributed by atoms with Crippen molar-refractivity contribution in [1.29, 1.82) is 0 Å². The first-order chi connectivity index (χ1) is 8.81. The topological polar surface area (TPSA) is 35.2 Å². The maximum absolute atomic E-state index is 6.12. The van der Waals surface area contributed by atoms with Crippen molar-refractivity contribution in [3.63, 3.8) is 0 Å². The van der Waals surface area contributed by atoms with Gasteiger partial charge in [0.2, 0.25) is 0 Å². The number of nitrogens with two attached hydrogens (primary N) is 1. The average Bonchev–Trinajstić information content (AvgIpc) is 2.45. The third-order valence-corrected chi connectivity index (χ3v) is 3.96. The van der Waals surface area contributed by atoms with E-state index >= 15 is 0 Å². The Bertz CT molecular complexity index is 358. The average molecular weight is 247 g/mol. The molecule has 1 unspecified atom stereocenters. The van der Waals surface area contributed by atoms with Crippen LogP contribution in [0.2, 0.25) is 0 Å². The number of para-hydroxylation sites is 1. The highest BCUT2D eigenvalue weighted by Gasteiger charge is 2.15. The van der Waals surface area contributed by atoms with Gasteiger partial charge in [0.25, 0.3) is 0 Å². The molecule has 0 heterocycles. The molecule has 1 aromatic rings. The molecule has 1 saturated carbocycles. The second kappa shape index (κ2) is 6.79. The lowest BCUT2D eigenvalue weighted by Gasteiger charge is -2.23. The van der Waals surface area contributed by atoms with E-state index < -0.39 is 0 Å². The number of hydrogen-bond acceptors (Lipinski definition) is 2. The highest BCUT2D eigenvalue weighted by Crippen LogP contribution is 2.28. The third kappa shape index (κ3) is 3.49. The summed E-state index contributed by atoms with van der Waals surface area (Å²) in [4.78, 5) is 0. The van der Waals surface area contributed by atoms with Crippen LogP contribution in [0.3, 0.4) is 0 Å². The minimum absolute atomic E-state index is 0.0903. The molecule has 0 amide bonds. The lowest BCUT2D eigenvalue weighted by Crippen LogP contribution is -2.17. The first-order valence-corrected chi connectivity index (χ1v) is 7.28. The zero-order chi connectivity index (χ0) is 12.8. The summed E-state index contributed by atoms with van der Waals surface area (Å²) in [6, 6.07) is 8.30. The minimum atomic E-state index is 0.0903. The van der Waals surface area contributed by atoms with Gasteiger partial charge in [0.05, 0.1) is 6.61 Å². The van der Waals surface area contributed by atoms with E-state index in [0.29, 0.717) is 0 Å². The SMILES string of the molecule is CCC(N)c1ccccc1OCC1CCCCC1. The Morgan fingerprint density at radius 1 is 1.22 bits per heavy atom. The highest BCUT2D eigenvalue weighted by atomic mass is 16.5. The molecule has 1 aliphatic carbocycles. The van der Waals surface area contributed by atoms with Crippen LogP contribution in [-0.2, 0) is 0 Å². The Labute approximate surface area is 111 Å². The van der Waals surface area contributed by atoms with Crippen molar-refractivity contribution in [2.45, 2.75) is 51.5 Å². The first kappa shape index (κ1) is 13.4. The van der Waals surface area contributed by atoms with Crippen LogP contribution >= 0.6 is 0 Å². The van der Waals surface area contributed by atoms with E-state index in [1.54, 1.807) is 0 Å². The predicted molar refractivity (Wildman–Crippen MR) is 75.7 cm³/mol. The molecule has 1 aliphatic rings. The second-order valence-corrected chi connectivity index (χ2v) is 5.37. The molecule has 1 aromatic carbocycles. The number of benzene rings is 1. The van der Waals surface area contributed by atoms with E-state index in [0.717, 1.165) is 30.3 Å². The summed E-state index contributed by atoms with van der Waals surface area (Å²) >= 11 is 0. The Kier molecular flexibility index (Phi) is 5.06. The summed E-state index contributed by atoms with van der Waals surface area (Å²) in [6.07, 6.45) is 7.72. The molecular formula is C16H25NO. The van der Waals surface area contributed by atoms with Crippen molar-refractivity contribution < 1.29 is 4.74 Å². The van der Waals surface area contributed by atoms with Gasteiger partial charge in [0.1, 0.15) is 5.75 Å². The fourth-order valence-electron chi connectivity index (χ4n) is 2.70. The summed E-state index contributed by atoms with van der Waals surface area (Å²) in [6.45, 7) is 2.97. The van der Waals surface area contributed by atoms with Gasteiger partial charge < -0.3 is 10.5 Å². The van der Waals surface area contributed by atoms with Crippen LogP contribution in [0.1, 0.15) is 57.1 Å². The molecule has 1 fully saturated rings.